The van der Waals surface area contributed by atoms with E-state index in [1.54, 1.807) is 18.2 Å². The lowest BCUT2D eigenvalue weighted by Crippen LogP contribution is -2.31. The summed E-state index contributed by atoms with van der Waals surface area (Å²) in [7, 11) is 1.24. The highest BCUT2D eigenvalue weighted by Crippen LogP contribution is 2.14. The Kier molecular flexibility index (Phi) is 5.26. The Hall–Kier alpha value is -2.22. The maximum atomic E-state index is 12.3. The van der Waals surface area contributed by atoms with Crippen LogP contribution in [0.2, 0.25) is 0 Å². The number of carbonyl (C=O) groups is 2. The molecule has 1 heterocycles. The molecule has 0 atom stereocenters. The molecule has 116 valence electrons. The van der Waals surface area contributed by atoms with E-state index in [1.807, 2.05) is 0 Å². The van der Waals surface area contributed by atoms with Gasteiger partial charge in [0.25, 0.3) is 5.56 Å². The van der Waals surface area contributed by atoms with Crippen molar-refractivity contribution >= 4 is 38.7 Å². The molecule has 0 aliphatic heterocycles. The number of halogens is 1. The third kappa shape index (κ3) is 3.91. The summed E-state index contributed by atoms with van der Waals surface area (Å²) in [6, 6.07) is 5.24. The van der Waals surface area contributed by atoms with E-state index in [-0.39, 0.29) is 31.0 Å². The normalized spacial score (nSPS) is 10.5. The van der Waals surface area contributed by atoms with E-state index in [2.05, 4.69) is 31.0 Å². The molecule has 0 aliphatic carbocycles. The minimum Gasteiger partial charge on any atom is -0.468 e. The summed E-state index contributed by atoms with van der Waals surface area (Å²) in [5, 5.41) is 2.89. The van der Waals surface area contributed by atoms with Crippen LogP contribution < -0.4 is 10.9 Å². The van der Waals surface area contributed by atoms with Crippen LogP contribution >= 0.6 is 15.9 Å². The molecule has 0 radical (unpaired) electrons. The third-order valence-electron chi connectivity index (χ3n) is 3.02. The SMILES string of the molecule is COC(=O)CNC(=O)CCn1cnc2ccc(Br)cc2c1=O. The van der Waals surface area contributed by atoms with E-state index in [9.17, 15) is 14.4 Å². The number of aryl methyl sites for hydroxylation is 1. The first-order valence-electron chi connectivity index (χ1n) is 6.49. The number of esters is 1. The van der Waals surface area contributed by atoms with Crippen LogP contribution in [-0.2, 0) is 20.9 Å². The summed E-state index contributed by atoms with van der Waals surface area (Å²) >= 11 is 3.31. The van der Waals surface area contributed by atoms with Gasteiger partial charge in [-0.3, -0.25) is 19.0 Å². The minimum atomic E-state index is -0.525. The van der Waals surface area contributed by atoms with E-state index in [0.717, 1.165) is 4.47 Å². The molecule has 2 rings (SSSR count). The van der Waals surface area contributed by atoms with Gasteiger partial charge in [0.1, 0.15) is 6.54 Å². The zero-order valence-electron chi connectivity index (χ0n) is 11.8. The van der Waals surface area contributed by atoms with E-state index >= 15 is 0 Å². The number of nitrogens with one attached hydrogen (secondary N) is 1. The van der Waals surface area contributed by atoms with Crippen LogP contribution in [0, 0.1) is 0 Å². The molecule has 8 heteroatoms. The molecule has 0 aliphatic rings. The van der Waals surface area contributed by atoms with Crippen molar-refractivity contribution in [1.29, 1.82) is 0 Å². The van der Waals surface area contributed by atoms with Gasteiger partial charge in [-0.2, -0.15) is 0 Å². The van der Waals surface area contributed by atoms with Crippen LogP contribution in [0.5, 0.6) is 0 Å². The fraction of sp³-hybridized carbons (Fsp3) is 0.286. The van der Waals surface area contributed by atoms with Crippen molar-refractivity contribution in [1.82, 2.24) is 14.9 Å². The van der Waals surface area contributed by atoms with Crippen LogP contribution in [0.15, 0.2) is 33.8 Å². The highest BCUT2D eigenvalue weighted by Gasteiger charge is 2.08. The first kappa shape index (κ1) is 16.2. The van der Waals surface area contributed by atoms with Crippen molar-refractivity contribution in [3.05, 3.63) is 39.4 Å². The van der Waals surface area contributed by atoms with Crippen LogP contribution in [0.3, 0.4) is 0 Å². The number of aromatic nitrogens is 2. The number of hydrogen-bond acceptors (Lipinski definition) is 5. The zero-order chi connectivity index (χ0) is 16.1. The van der Waals surface area contributed by atoms with Crippen molar-refractivity contribution < 1.29 is 14.3 Å². The highest BCUT2D eigenvalue weighted by molar-refractivity contribution is 9.10. The van der Waals surface area contributed by atoms with Crippen molar-refractivity contribution in [2.24, 2.45) is 0 Å². The summed E-state index contributed by atoms with van der Waals surface area (Å²) in [6.07, 6.45) is 1.48. The number of rotatable bonds is 5. The monoisotopic (exact) mass is 367 g/mol. The van der Waals surface area contributed by atoms with E-state index in [0.29, 0.717) is 10.9 Å². The Labute approximate surface area is 134 Å². The first-order chi connectivity index (χ1) is 10.5. The van der Waals surface area contributed by atoms with Crippen molar-refractivity contribution in [2.45, 2.75) is 13.0 Å². The number of ether oxygens (including phenoxy) is 1. The molecule has 7 nitrogen and oxygen atoms in total. The number of benzene rings is 1. The minimum absolute atomic E-state index is 0.0676. The molecule has 1 aromatic carbocycles. The third-order valence-corrected chi connectivity index (χ3v) is 3.52. The molecule has 0 saturated carbocycles. The van der Waals surface area contributed by atoms with Gasteiger partial charge >= 0.3 is 5.97 Å². The van der Waals surface area contributed by atoms with E-state index in [4.69, 9.17) is 0 Å². The number of nitrogens with zero attached hydrogens (tertiary/aromatic N) is 2. The topological polar surface area (TPSA) is 90.3 Å². The predicted molar refractivity (Wildman–Crippen MR) is 83.3 cm³/mol. The maximum Gasteiger partial charge on any atom is 0.325 e. The van der Waals surface area contributed by atoms with Gasteiger partial charge in [0, 0.05) is 17.4 Å². The summed E-state index contributed by atoms with van der Waals surface area (Å²) in [4.78, 5) is 39.0. The Morgan fingerprint density at radius 2 is 2.18 bits per heavy atom. The number of hydrogen-bond donors (Lipinski definition) is 1. The molecule has 0 unspecified atom stereocenters. The zero-order valence-corrected chi connectivity index (χ0v) is 13.4. The Morgan fingerprint density at radius 3 is 2.91 bits per heavy atom. The fourth-order valence-corrected chi connectivity index (χ4v) is 2.20. The van der Waals surface area contributed by atoms with Gasteiger partial charge in [0.15, 0.2) is 0 Å². The van der Waals surface area contributed by atoms with Gasteiger partial charge in [-0.05, 0) is 18.2 Å². The second-order valence-electron chi connectivity index (χ2n) is 4.51. The Bertz CT molecular complexity index is 772. The second kappa shape index (κ2) is 7.17. The average Bonchev–Trinajstić information content (AvgIpc) is 2.52. The summed E-state index contributed by atoms with van der Waals surface area (Å²) in [6.45, 7) is -0.00551. The van der Waals surface area contributed by atoms with Crippen molar-refractivity contribution in [3.8, 4) is 0 Å². The number of methoxy groups -OCH3 is 1. The molecular formula is C14H14BrN3O4. The summed E-state index contributed by atoms with van der Waals surface area (Å²) < 4.78 is 6.57. The molecule has 0 saturated heterocycles. The molecule has 0 spiro atoms. The van der Waals surface area contributed by atoms with Gasteiger partial charge in [-0.15, -0.1) is 0 Å². The Morgan fingerprint density at radius 1 is 1.41 bits per heavy atom. The summed E-state index contributed by atoms with van der Waals surface area (Å²) in [5.41, 5.74) is 0.381. The maximum absolute atomic E-state index is 12.3. The smallest absolute Gasteiger partial charge is 0.325 e. The highest BCUT2D eigenvalue weighted by atomic mass is 79.9. The average molecular weight is 368 g/mol. The lowest BCUT2D eigenvalue weighted by Gasteiger charge is -2.07. The van der Waals surface area contributed by atoms with Crippen LogP contribution in [0.1, 0.15) is 6.42 Å². The number of carbonyl (C=O) groups excluding carboxylic acids is 2. The summed E-state index contributed by atoms with van der Waals surface area (Å²) in [5.74, 6) is -0.866. The molecular weight excluding hydrogens is 354 g/mol. The molecule has 1 aromatic heterocycles. The Balaban J connectivity index is 2.06. The lowest BCUT2D eigenvalue weighted by atomic mass is 10.2. The molecule has 1 amide bonds. The van der Waals surface area contributed by atoms with Gasteiger partial charge in [0.05, 0.1) is 24.3 Å². The van der Waals surface area contributed by atoms with Crippen LogP contribution in [-0.4, -0.2) is 35.1 Å². The van der Waals surface area contributed by atoms with Crippen LogP contribution in [0.25, 0.3) is 10.9 Å². The lowest BCUT2D eigenvalue weighted by molar-refractivity contribution is -0.141. The molecule has 0 fully saturated rings. The second-order valence-corrected chi connectivity index (χ2v) is 5.42. The first-order valence-corrected chi connectivity index (χ1v) is 7.29. The molecule has 0 bridgehead atoms. The van der Waals surface area contributed by atoms with E-state index < -0.39 is 5.97 Å². The number of fused-ring (bicyclic) bond motifs is 1. The van der Waals surface area contributed by atoms with Gasteiger partial charge in [-0.1, -0.05) is 15.9 Å². The number of amides is 1. The van der Waals surface area contributed by atoms with Gasteiger partial charge < -0.3 is 10.1 Å². The quantitative estimate of drug-likeness (QED) is 0.790. The van der Waals surface area contributed by atoms with Crippen molar-refractivity contribution in [3.63, 3.8) is 0 Å². The molecule has 1 N–H and O–H groups in total. The molecule has 2 aromatic rings. The van der Waals surface area contributed by atoms with Crippen molar-refractivity contribution in [2.75, 3.05) is 13.7 Å². The largest absolute Gasteiger partial charge is 0.468 e. The predicted octanol–water partition coefficient (Wildman–Crippen LogP) is 0.838. The van der Waals surface area contributed by atoms with Gasteiger partial charge in [0.2, 0.25) is 5.91 Å². The van der Waals surface area contributed by atoms with Crippen LogP contribution in [0.4, 0.5) is 0 Å². The van der Waals surface area contributed by atoms with E-state index in [1.165, 1.54) is 18.0 Å². The fourth-order valence-electron chi connectivity index (χ4n) is 1.84. The molecule has 22 heavy (non-hydrogen) atoms. The van der Waals surface area contributed by atoms with Gasteiger partial charge in [-0.25, -0.2) is 4.98 Å². The standard InChI is InChI=1S/C14H14BrN3O4/c1-22-13(20)7-16-12(19)4-5-18-8-17-11-3-2-9(15)6-10(11)14(18)21/h2-3,6,8H,4-5,7H2,1H3,(H,16,19).